The molecule has 0 aromatic rings. The van der Waals surface area contributed by atoms with Gasteiger partial charge in [-0.05, 0) is 82.5 Å². The molecular weight excluding hydrogens is 500 g/mol. The number of hydrogen-bond acceptors (Lipinski definition) is 6. The maximum absolute atomic E-state index is 10.9. The molecule has 0 fully saturated rings. The standard InChI is InChI=1S/C11H20O2.2C10H18O3/c1-8(2)5-11(6-9(3)12)7-10(4)13;2*1-7(2)4-9(5-8(3)11)6-10(12)13/h8,11H,5-7H2,1-4H3;2*7,9H,4-6H2,1-3H3,(H,12,13)/t;2*9-/m.10/s1. The number of aliphatic carboxylic acids is 2. The fraction of sp³-hybridized carbons (Fsp3) is 0.806. The molecule has 2 atom stereocenters. The van der Waals surface area contributed by atoms with E-state index in [1.165, 1.54) is 13.8 Å². The Balaban J connectivity index is -0.000000498. The molecule has 0 aromatic carbocycles. The smallest absolute Gasteiger partial charge is 0.303 e. The summed E-state index contributed by atoms with van der Waals surface area (Å²) in [6, 6.07) is 0. The molecule has 0 bridgehead atoms. The molecule has 0 unspecified atom stereocenters. The predicted molar refractivity (Wildman–Crippen MR) is 155 cm³/mol. The predicted octanol–water partition coefficient (Wildman–Crippen LogP) is 6.81. The third kappa shape index (κ3) is 35.6. The van der Waals surface area contributed by atoms with Gasteiger partial charge < -0.3 is 29.4 Å². The van der Waals surface area contributed by atoms with Gasteiger partial charge in [0.05, 0.1) is 0 Å². The van der Waals surface area contributed by atoms with Crippen molar-refractivity contribution in [2.45, 2.75) is 127 Å². The molecule has 0 saturated heterocycles. The molecule has 8 nitrogen and oxygen atoms in total. The Labute approximate surface area is 236 Å². The summed E-state index contributed by atoms with van der Waals surface area (Å²) in [7, 11) is 0. The molecule has 0 aliphatic rings. The van der Waals surface area contributed by atoms with Crippen molar-refractivity contribution in [2.75, 3.05) is 0 Å². The second-order valence-corrected chi connectivity index (χ2v) is 12.3. The highest BCUT2D eigenvalue weighted by atomic mass is 16.4. The molecule has 0 aliphatic heterocycles. The maximum atomic E-state index is 10.9. The first-order valence-electron chi connectivity index (χ1n) is 14.2. The third-order valence-corrected chi connectivity index (χ3v) is 5.65. The minimum atomic E-state index is -0.813. The number of carbonyl (C=O) groups is 6. The van der Waals surface area contributed by atoms with Crippen LogP contribution in [-0.2, 0) is 28.8 Å². The van der Waals surface area contributed by atoms with E-state index in [2.05, 4.69) is 13.8 Å². The second-order valence-electron chi connectivity index (χ2n) is 12.3. The first-order valence-corrected chi connectivity index (χ1v) is 14.2. The topological polar surface area (TPSA) is 143 Å². The Kier molecular flexibility index (Phi) is 24.8. The van der Waals surface area contributed by atoms with E-state index >= 15 is 0 Å². The average Bonchev–Trinajstić information content (AvgIpc) is 2.63. The lowest BCUT2D eigenvalue weighted by molar-refractivity contribution is -0.139. The van der Waals surface area contributed by atoms with Gasteiger partial charge >= 0.3 is 11.9 Å². The molecule has 0 spiro atoms. The molecular formula is C31H56O8. The van der Waals surface area contributed by atoms with Crippen molar-refractivity contribution in [3.05, 3.63) is 0 Å². The van der Waals surface area contributed by atoms with Crippen molar-refractivity contribution in [1.82, 2.24) is 0 Å². The fourth-order valence-electron chi connectivity index (χ4n) is 4.84. The van der Waals surface area contributed by atoms with Crippen molar-refractivity contribution in [2.24, 2.45) is 35.5 Å². The summed E-state index contributed by atoms with van der Waals surface area (Å²) in [6.45, 7) is 18.6. The van der Waals surface area contributed by atoms with Gasteiger partial charge in [0.15, 0.2) is 0 Å². The summed E-state index contributed by atoms with van der Waals surface area (Å²) in [5.41, 5.74) is 0. The summed E-state index contributed by atoms with van der Waals surface area (Å²) in [4.78, 5) is 64.4. The molecule has 8 heteroatoms. The van der Waals surface area contributed by atoms with E-state index in [0.717, 1.165) is 19.3 Å². The molecule has 0 amide bonds. The molecule has 39 heavy (non-hydrogen) atoms. The zero-order chi connectivity index (χ0) is 31.3. The zero-order valence-corrected chi connectivity index (χ0v) is 26.2. The highest BCUT2D eigenvalue weighted by molar-refractivity contribution is 5.79. The SMILES string of the molecule is CC(=O)CC(CC(C)=O)CC(C)C.CC(=O)C[C@@H](CC(=O)O)CC(C)C.CC(=O)C[C@H](CC(=O)O)CC(C)C. The number of hydrogen-bond donors (Lipinski definition) is 2. The van der Waals surface area contributed by atoms with E-state index in [9.17, 15) is 28.8 Å². The van der Waals surface area contributed by atoms with Gasteiger partial charge in [-0.15, -0.1) is 0 Å². The van der Waals surface area contributed by atoms with Crippen LogP contribution in [0.4, 0.5) is 0 Å². The van der Waals surface area contributed by atoms with Gasteiger partial charge in [0, 0.05) is 38.5 Å². The maximum Gasteiger partial charge on any atom is 0.303 e. The summed E-state index contributed by atoms with van der Waals surface area (Å²) in [5.74, 6) is 0.632. The Hall–Kier alpha value is -2.38. The number of carbonyl (C=O) groups excluding carboxylic acids is 4. The lowest BCUT2D eigenvalue weighted by Crippen LogP contribution is -2.13. The molecule has 0 rings (SSSR count). The summed E-state index contributed by atoms with van der Waals surface area (Å²) in [5, 5.41) is 17.2. The first kappa shape index (κ1) is 41.1. The fourth-order valence-corrected chi connectivity index (χ4v) is 4.84. The number of rotatable bonds is 18. The summed E-state index contributed by atoms with van der Waals surface area (Å²) in [6.07, 6.45) is 4.71. The van der Waals surface area contributed by atoms with Crippen molar-refractivity contribution < 1.29 is 39.0 Å². The van der Waals surface area contributed by atoms with E-state index in [1.807, 2.05) is 27.7 Å². The Morgan fingerprint density at radius 2 is 0.590 bits per heavy atom. The van der Waals surface area contributed by atoms with Crippen LogP contribution in [-0.4, -0.2) is 45.3 Å². The largest absolute Gasteiger partial charge is 0.481 e. The van der Waals surface area contributed by atoms with Gasteiger partial charge in [-0.1, -0.05) is 41.5 Å². The first-order chi connectivity index (χ1) is 17.7. The van der Waals surface area contributed by atoms with Crippen molar-refractivity contribution in [3.63, 3.8) is 0 Å². The number of Topliss-reactive ketones (excluding diaryl/α,β-unsaturated/α-hetero) is 4. The quantitative estimate of drug-likeness (QED) is 0.187. The minimum Gasteiger partial charge on any atom is -0.481 e. The molecule has 0 radical (unpaired) electrons. The highest BCUT2D eigenvalue weighted by Crippen LogP contribution is 2.21. The van der Waals surface area contributed by atoms with Gasteiger partial charge in [-0.2, -0.15) is 0 Å². The van der Waals surface area contributed by atoms with Gasteiger partial charge in [0.2, 0.25) is 0 Å². The molecule has 0 saturated carbocycles. The number of ketones is 4. The average molecular weight is 557 g/mol. The molecule has 0 aromatic heterocycles. The minimum absolute atomic E-state index is 0.00926. The Bertz CT molecular complexity index is 604. The van der Waals surface area contributed by atoms with E-state index in [4.69, 9.17) is 10.2 Å². The van der Waals surface area contributed by atoms with Gasteiger partial charge in [-0.3, -0.25) is 9.59 Å². The van der Waals surface area contributed by atoms with Crippen molar-refractivity contribution in [3.8, 4) is 0 Å². The van der Waals surface area contributed by atoms with Crippen LogP contribution in [0.5, 0.6) is 0 Å². The molecule has 2 N–H and O–H groups in total. The van der Waals surface area contributed by atoms with Crippen molar-refractivity contribution in [1.29, 1.82) is 0 Å². The molecule has 0 aliphatic carbocycles. The van der Waals surface area contributed by atoms with Gasteiger partial charge in [0.1, 0.15) is 23.1 Å². The zero-order valence-electron chi connectivity index (χ0n) is 26.2. The number of carboxylic acids is 2. The molecule has 228 valence electrons. The molecule has 0 heterocycles. The second kappa shape index (κ2) is 23.5. The van der Waals surface area contributed by atoms with Gasteiger partial charge in [0.25, 0.3) is 0 Å². The van der Waals surface area contributed by atoms with E-state index in [0.29, 0.717) is 43.4 Å². The normalized spacial score (nSPS) is 12.3. The lowest BCUT2D eigenvalue weighted by Gasteiger charge is -2.15. The van der Waals surface area contributed by atoms with Crippen LogP contribution < -0.4 is 0 Å². The highest BCUT2D eigenvalue weighted by Gasteiger charge is 2.18. The van der Waals surface area contributed by atoms with Crippen LogP contribution in [0.15, 0.2) is 0 Å². The Morgan fingerprint density at radius 1 is 0.410 bits per heavy atom. The monoisotopic (exact) mass is 556 g/mol. The summed E-state index contributed by atoms with van der Waals surface area (Å²) >= 11 is 0. The van der Waals surface area contributed by atoms with E-state index in [1.54, 1.807) is 13.8 Å². The van der Waals surface area contributed by atoms with Crippen LogP contribution in [0.1, 0.15) is 127 Å². The van der Waals surface area contributed by atoms with E-state index in [-0.39, 0.29) is 53.7 Å². The van der Waals surface area contributed by atoms with Crippen LogP contribution >= 0.6 is 0 Å². The van der Waals surface area contributed by atoms with Crippen LogP contribution in [0.25, 0.3) is 0 Å². The van der Waals surface area contributed by atoms with Crippen LogP contribution in [0, 0.1) is 35.5 Å². The summed E-state index contributed by atoms with van der Waals surface area (Å²) < 4.78 is 0. The number of carboxylic acid groups (broad SMARTS) is 2. The third-order valence-electron chi connectivity index (χ3n) is 5.65. The van der Waals surface area contributed by atoms with E-state index < -0.39 is 11.9 Å². The van der Waals surface area contributed by atoms with Crippen LogP contribution in [0.2, 0.25) is 0 Å². The van der Waals surface area contributed by atoms with Crippen LogP contribution in [0.3, 0.4) is 0 Å². The van der Waals surface area contributed by atoms with Crippen molar-refractivity contribution >= 4 is 35.1 Å². The lowest BCUT2D eigenvalue weighted by atomic mass is 9.89. The van der Waals surface area contributed by atoms with Gasteiger partial charge in [-0.25, -0.2) is 0 Å². The Morgan fingerprint density at radius 3 is 0.718 bits per heavy atom.